The number of nitrogens with zero attached hydrogens (tertiary/aromatic N) is 1. The zero-order valence-corrected chi connectivity index (χ0v) is 19.1. The van der Waals surface area contributed by atoms with Gasteiger partial charge in [0, 0.05) is 5.69 Å². The first-order valence-corrected chi connectivity index (χ1v) is 11.2. The topological polar surface area (TPSA) is 49.4 Å². The molecule has 0 radical (unpaired) electrons. The minimum Gasteiger partial charge on any atom is -0.350 e. The fourth-order valence-corrected chi connectivity index (χ4v) is 4.09. The number of carbonyl (C=O) groups excluding carboxylic acids is 2. The summed E-state index contributed by atoms with van der Waals surface area (Å²) in [6, 6.07) is 19.1. The van der Waals surface area contributed by atoms with Gasteiger partial charge in [0.2, 0.25) is 0 Å². The van der Waals surface area contributed by atoms with E-state index < -0.39 is 5.91 Å². The average Bonchev–Trinajstić information content (AvgIpc) is 3.04. The van der Waals surface area contributed by atoms with Crippen LogP contribution in [0.1, 0.15) is 42.0 Å². The predicted octanol–water partition coefficient (Wildman–Crippen LogP) is 6.18. The van der Waals surface area contributed by atoms with E-state index in [1.807, 2.05) is 56.3 Å². The van der Waals surface area contributed by atoms with Crippen LogP contribution in [0.4, 0.5) is 15.8 Å². The lowest BCUT2D eigenvalue weighted by molar-refractivity contribution is -0.120. The van der Waals surface area contributed by atoms with Crippen molar-refractivity contribution in [3.8, 4) is 0 Å². The van der Waals surface area contributed by atoms with Gasteiger partial charge in [-0.05, 0) is 79.8 Å². The number of amides is 2. The number of rotatable bonds is 7. The highest BCUT2D eigenvalue weighted by atomic mass is 19.1. The molecule has 4 rings (SSSR count). The minimum absolute atomic E-state index is 0.189. The summed E-state index contributed by atoms with van der Waals surface area (Å²) in [5.41, 5.74) is 5.42. The lowest BCUT2D eigenvalue weighted by Gasteiger charge is -2.16. The van der Waals surface area contributed by atoms with Crippen LogP contribution in [0.25, 0.3) is 5.57 Å². The van der Waals surface area contributed by atoms with Gasteiger partial charge in [0.15, 0.2) is 0 Å². The zero-order valence-electron chi connectivity index (χ0n) is 19.1. The lowest BCUT2D eigenvalue weighted by atomic mass is 9.97. The van der Waals surface area contributed by atoms with Gasteiger partial charge in [-0.3, -0.25) is 9.59 Å². The molecule has 0 atom stereocenters. The molecule has 1 aliphatic heterocycles. The van der Waals surface area contributed by atoms with Crippen LogP contribution in [0.3, 0.4) is 0 Å². The number of hydrogen-bond acceptors (Lipinski definition) is 3. The number of anilines is 2. The summed E-state index contributed by atoms with van der Waals surface area (Å²) in [4.78, 5) is 28.3. The number of carbonyl (C=O) groups is 2. The molecule has 3 aromatic rings. The maximum Gasteiger partial charge on any atom is 0.282 e. The van der Waals surface area contributed by atoms with Crippen molar-refractivity contribution in [2.45, 2.75) is 40.0 Å². The predicted molar refractivity (Wildman–Crippen MR) is 130 cm³/mol. The Morgan fingerprint density at radius 2 is 1.58 bits per heavy atom. The molecule has 0 bridgehead atoms. The number of imide groups is 1. The van der Waals surface area contributed by atoms with E-state index >= 15 is 0 Å². The molecule has 0 saturated carbocycles. The van der Waals surface area contributed by atoms with E-state index in [1.165, 1.54) is 22.6 Å². The van der Waals surface area contributed by atoms with Crippen LogP contribution in [-0.2, 0) is 16.0 Å². The van der Waals surface area contributed by atoms with Gasteiger partial charge in [0.25, 0.3) is 11.8 Å². The van der Waals surface area contributed by atoms with E-state index in [0.717, 1.165) is 30.4 Å². The van der Waals surface area contributed by atoms with Crippen LogP contribution in [-0.4, -0.2) is 11.8 Å². The lowest BCUT2D eigenvalue weighted by Crippen LogP contribution is -2.32. The molecule has 168 valence electrons. The van der Waals surface area contributed by atoms with E-state index in [0.29, 0.717) is 22.5 Å². The number of unbranched alkanes of at least 4 members (excludes halogenated alkanes) is 1. The molecular formula is C28H27FN2O2. The Labute approximate surface area is 193 Å². The number of nitrogens with one attached hydrogen (secondary N) is 1. The van der Waals surface area contributed by atoms with Crippen molar-refractivity contribution < 1.29 is 14.0 Å². The number of hydrogen-bond donors (Lipinski definition) is 1. The van der Waals surface area contributed by atoms with Crippen LogP contribution in [0, 0.1) is 19.7 Å². The molecule has 0 unspecified atom stereocenters. The van der Waals surface area contributed by atoms with Crippen molar-refractivity contribution in [2.75, 3.05) is 10.2 Å². The standard InChI is InChI=1S/C28H27FN2O2/c1-4-5-6-20-8-14-23(15-9-20)31-27(32)25(24-16-7-18(2)17-19(24)3)26(28(31)33)30-22-12-10-21(29)11-13-22/h7-17,30H,4-6H2,1-3H3. The maximum absolute atomic E-state index is 13.6. The molecule has 2 amide bonds. The molecule has 1 aliphatic rings. The molecule has 0 fully saturated rings. The molecule has 3 aromatic carbocycles. The van der Waals surface area contributed by atoms with E-state index in [-0.39, 0.29) is 17.4 Å². The smallest absolute Gasteiger partial charge is 0.282 e. The third-order valence-electron chi connectivity index (χ3n) is 5.86. The van der Waals surface area contributed by atoms with Gasteiger partial charge >= 0.3 is 0 Å². The first-order valence-electron chi connectivity index (χ1n) is 11.2. The summed E-state index contributed by atoms with van der Waals surface area (Å²) < 4.78 is 13.4. The number of aryl methyl sites for hydroxylation is 3. The average molecular weight is 443 g/mol. The van der Waals surface area contributed by atoms with Crippen molar-refractivity contribution in [3.63, 3.8) is 0 Å². The first-order chi connectivity index (χ1) is 15.9. The third-order valence-corrected chi connectivity index (χ3v) is 5.86. The van der Waals surface area contributed by atoms with Crippen LogP contribution in [0.15, 0.2) is 72.4 Å². The highest BCUT2D eigenvalue weighted by Crippen LogP contribution is 2.35. The maximum atomic E-state index is 13.6. The van der Waals surface area contributed by atoms with Gasteiger partial charge in [-0.15, -0.1) is 0 Å². The van der Waals surface area contributed by atoms with Gasteiger partial charge in [-0.25, -0.2) is 9.29 Å². The van der Waals surface area contributed by atoms with Crippen LogP contribution >= 0.6 is 0 Å². The number of halogens is 1. The van der Waals surface area contributed by atoms with E-state index in [1.54, 1.807) is 12.1 Å². The Morgan fingerprint density at radius 1 is 0.879 bits per heavy atom. The summed E-state index contributed by atoms with van der Waals surface area (Å²) in [5, 5.41) is 3.08. The van der Waals surface area contributed by atoms with E-state index in [2.05, 4.69) is 12.2 Å². The summed E-state index contributed by atoms with van der Waals surface area (Å²) in [6.45, 7) is 6.05. The Morgan fingerprint density at radius 3 is 2.21 bits per heavy atom. The molecule has 0 aliphatic carbocycles. The molecule has 1 heterocycles. The second kappa shape index (κ2) is 9.41. The third kappa shape index (κ3) is 4.58. The number of benzene rings is 3. The van der Waals surface area contributed by atoms with Crippen molar-refractivity contribution in [2.24, 2.45) is 0 Å². The summed E-state index contributed by atoms with van der Waals surface area (Å²) in [7, 11) is 0. The van der Waals surface area contributed by atoms with Gasteiger partial charge in [-0.1, -0.05) is 49.2 Å². The van der Waals surface area contributed by atoms with Gasteiger partial charge in [0.1, 0.15) is 11.5 Å². The molecule has 0 spiro atoms. The Hall–Kier alpha value is -3.73. The summed E-state index contributed by atoms with van der Waals surface area (Å²) >= 11 is 0. The molecular weight excluding hydrogens is 415 g/mol. The molecule has 4 nitrogen and oxygen atoms in total. The summed E-state index contributed by atoms with van der Waals surface area (Å²) in [5.74, 6) is -1.18. The molecule has 5 heteroatoms. The van der Waals surface area contributed by atoms with Crippen molar-refractivity contribution >= 4 is 28.8 Å². The van der Waals surface area contributed by atoms with Crippen molar-refractivity contribution in [1.82, 2.24) is 0 Å². The Kier molecular flexibility index (Phi) is 6.40. The molecule has 0 aromatic heterocycles. The Balaban J connectivity index is 1.76. The van der Waals surface area contributed by atoms with E-state index in [4.69, 9.17) is 0 Å². The normalized spacial score (nSPS) is 13.8. The minimum atomic E-state index is -0.430. The quantitative estimate of drug-likeness (QED) is 0.445. The first kappa shape index (κ1) is 22.5. The Bertz CT molecular complexity index is 1230. The molecule has 33 heavy (non-hydrogen) atoms. The van der Waals surface area contributed by atoms with Crippen LogP contribution in [0.2, 0.25) is 0 Å². The van der Waals surface area contributed by atoms with Crippen LogP contribution in [0.5, 0.6) is 0 Å². The fraction of sp³-hybridized carbons (Fsp3) is 0.214. The monoisotopic (exact) mass is 442 g/mol. The second-order valence-corrected chi connectivity index (χ2v) is 8.42. The second-order valence-electron chi connectivity index (χ2n) is 8.42. The summed E-state index contributed by atoms with van der Waals surface area (Å²) in [6.07, 6.45) is 3.15. The molecule has 0 saturated heterocycles. The van der Waals surface area contributed by atoms with Gasteiger partial charge < -0.3 is 5.32 Å². The van der Waals surface area contributed by atoms with Gasteiger partial charge in [-0.2, -0.15) is 0 Å². The van der Waals surface area contributed by atoms with Crippen molar-refractivity contribution in [1.29, 1.82) is 0 Å². The highest BCUT2D eigenvalue weighted by Gasteiger charge is 2.40. The SMILES string of the molecule is CCCCc1ccc(N2C(=O)C(Nc3ccc(F)cc3)=C(c3ccc(C)cc3C)C2=O)cc1. The van der Waals surface area contributed by atoms with Crippen LogP contribution < -0.4 is 10.2 Å². The van der Waals surface area contributed by atoms with Crippen molar-refractivity contribution in [3.05, 3.63) is 100 Å². The van der Waals surface area contributed by atoms with E-state index in [9.17, 15) is 14.0 Å². The van der Waals surface area contributed by atoms with Gasteiger partial charge in [0.05, 0.1) is 11.3 Å². The molecule has 1 N–H and O–H groups in total. The zero-order chi connectivity index (χ0) is 23.5. The fourth-order valence-electron chi connectivity index (χ4n) is 4.09. The highest BCUT2D eigenvalue weighted by molar-refractivity contribution is 6.46. The largest absolute Gasteiger partial charge is 0.350 e.